The third kappa shape index (κ3) is 3.06. The van der Waals surface area contributed by atoms with Crippen molar-refractivity contribution in [2.75, 3.05) is 11.6 Å². The number of furan rings is 1. The van der Waals surface area contributed by atoms with Crippen LogP contribution in [0, 0.1) is 6.92 Å². The molecule has 8 heteroatoms. The van der Waals surface area contributed by atoms with Crippen molar-refractivity contribution in [2.24, 2.45) is 5.10 Å². The maximum absolute atomic E-state index is 12.1. The Morgan fingerprint density at radius 3 is 3.00 bits per heavy atom. The lowest BCUT2D eigenvalue weighted by Crippen LogP contribution is -2.17. The number of aryl methyl sites for hydroxylation is 1. The van der Waals surface area contributed by atoms with Gasteiger partial charge >= 0.3 is 5.97 Å². The summed E-state index contributed by atoms with van der Waals surface area (Å²) in [5, 5.41) is 9.35. The third-order valence-electron chi connectivity index (χ3n) is 4.03. The minimum absolute atomic E-state index is 0.0808. The first kappa shape index (κ1) is 17.0. The molecule has 0 fully saturated rings. The van der Waals surface area contributed by atoms with Gasteiger partial charge in [-0.2, -0.15) is 5.10 Å². The zero-order valence-corrected chi connectivity index (χ0v) is 16.0. The maximum Gasteiger partial charge on any atom is 0.350 e. The number of nitrogens with zero attached hydrogens (tertiary/aromatic N) is 3. The molecule has 1 aliphatic heterocycles. The van der Waals surface area contributed by atoms with Crippen molar-refractivity contribution < 1.29 is 13.9 Å². The lowest BCUT2D eigenvalue weighted by Gasteiger charge is -2.18. The highest BCUT2D eigenvalue weighted by atomic mass is 32.1. The van der Waals surface area contributed by atoms with Gasteiger partial charge in [-0.05, 0) is 37.4 Å². The second-order valence-corrected chi connectivity index (χ2v) is 7.66. The summed E-state index contributed by atoms with van der Waals surface area (Å²) in [5.41, 5.74) is 1.65. The van der Waals surface area contributed by atoms with Crippen molar-refractivity contribution >= 4 is 39.5 Å². The van der Waals surface area contributed by atoms with Crippen molar-refractivity contribution in [1.82, 2.24) is 4.98 Å². The maximum atomic E-state index is 12.1. The van der Waals surface area contributed by atoms with E-state index in [4.69, 9.17) is 14.3 Å². The SMILES string of the molecule is CCOC(=O)c1sc(N2N=C(c3cccs3)C[C@H]2c2ccco2)nc1C. The van der Waals surface area contributed by atoms with Crippen LogP contribution in [-0.2, 0) is 4.74 Å². The van der Waals surface area contributed by atoms with E-state index < -0.39 is 0 Å². The molecular weight excluding hydrogens is 370 g/mol. The molecule has 134 valence electrons. The zero-order valence-electron chi connectivity index (χ0n) is 14.3. The molecule has 0 radical (unpaired) electrons. The molecule has 4 heterocycles. The number of thiophene rings is 1. The number of hydrogen-bond acceptors (Lipinski definition) is 8. The largest absolute Gasteiger partial charge is 0.467 e. The number of carbonyl (C=O) groups excluding carboxylic acids is 1. The van der Waals surface area contributed by atoms with Crippen molar-refractivity contribution in [3.05, 3.63) is 57.1 Å². The zero-order chi connectivity index (χ0) is 18.1. The summed E-state index contributed by atoms with van der Waals surface area (Å²) in [4.78, 5) is 18.3. The Balaban J connectivity index is 1.71. The van der Waals surface area contributed by atoms with Crippen molar-refractivity contribution in [1.29, 1.82) is 0 Å². The smallest absolute Gasteiger partial charge is 0.350 e. The van der Waals surface area contributed by atoms with Crippen LogP contribution >= 0.6 is 22.7 Å². The van der Waals surface area contributed by atoms with Crippen LogP contribution in [0.1, 0.15) is 45.4 Å². The van der Waals surface area contributed by atoms with Crippen LogP contribution in [0.25, 0.3) is 0 Å². The van der Waals surface area contributed by atoms with Gasteiger partial charge in [0.2, 0.25) is 5.13 Å². The van der Waals surface area contributed by atoms with E-state index in [1.807, 2.05) is 35.5 Å². The van der Waals surface area contributed by atoms with Gasteiger partial charge in [0.1, 0.15) is 16.7 Å². The summed E-state index contributed by atoms with van der Waals surface area (Å²) in [7, 11) is 0. The van der Waals surface area contributed by atoms with Gasteiger partial charge in [0.15, 0.2) is 0 Å². The first-order valence-electron chi connectivity index (χ1n) is 8.26. The topological polar surface area (TPSA) is 67.9 Å². The molecule has 0 amide bonds. The highest BCUT2D eigenvalue weighted by Crippen LogP contribution is 2.40. The summed E-state index contributed by atoms with van der Waals surface area (Å²) < 4.78 is 10.8. The van der Waals surface area contributed by atoms with E-state index in [0.717, 1.165) is 22.8 Å². The van der Waals surface area contributed by atoms with E-state index in [2.05, 4.69) is 11.1 Å². The van der Waals surface area contributed by atoms with Gasteiger partial charge in [0.05, 0.1) is 29.2 Å². The normalized spacial score (nSPS) is 16.8. The van der Waals surface area contributed by atoms with Crippen LogP contribution in [0.3, 0.4) is 0 Å². The summed E-state index contributed by atoms with van der Waals surface area (Å²) >= 11 is 2.96. The molecule has 4 rings (SSSR count). The Labute approximate surface area is 158 Å². The van der Waals surface area contributed by atoms with Gasteiger partial charge in [-0.3, -0.25) is 0 Å². The molecule has 0 saturated heterocycles. The number of rotatable bonds is 5. The lowest BCUT2D eigenvalue weighted by atomic mass is 10.1. The number of anilines is 1. The molecule has 3 aromatic rings. The molecule has 0 N–H and O–H groups in total. The van der Waals surface area contributed by atoms with Crippen LogP contribution in [0.2, 0.25) is 0 Å². The molecule has 0 spiro atoms. The van der Waals surface area contributed by atoms with Crippen LogP contribution in [0.15, 0.2) is 45.4 Å². The Kier molecular flexibility index (Phi) is 4.60. The summed E-state index contributed by atoms with van der Waals surface area (Å²) in [5.74, 6) is 0.482. The Hall–Kier alpha value is -2.45. The summed E-state index contributed by atoms with van der Waals surface area (Å²) in [6.07, 6.45) is 2.38. The summed E-state index contributed by atoms with van der Waals surface area (Å²) in [6.45, 7) is 3.94. The van der Waals surface area contributed by atoms with E-state index in [1.54, 1.807) is 24.5 Å². The van der Waals surface area contributed by atoms with E-state index in [9.17, 15) is 4.79 Å². The van der Waals surface area contributed by atoms with Gasteiger partial charge in [0, 0.05) is 6.42 Å². The molecule has 1 aliphatic rings. The number of carbonyl (C=O) groups is 1. The fourth-order valence-corrected chi connectivity index (χ4v) is 4.53. The molecule has 0 aromatic carbocycles. The highest BCUT2D eigenvalue weighted by molar-refractivity contribution is 7.17. The van der Waals surface area contributed by atoms with Crippen LogP contribution in [0.5, 0.6) is 0 Å². The number of hydrazone groups is 1. The minimum Gasteiger partial charge on any atom is -0.467 e. The molecule has 0 bridgehead atoms. The van der Waals surface area contributed by atoms with E-state index >= 15 is 0 Å². The van der Waals surface area contributed by atoms with Crippen molar-refractivity contribution in [3.8, 4) is 0 Å². The van der Waals surface area contributed by atoms with E-state index in [-0.39, 0.29) is 12.0 Å². The average molecular weight is 387 g/mol. The highest BCUT2D eigenvalue weighted by Gasteiger charge is 2.34. The monoisotopic (exact) mass is 387 g/mol. The molecule has 1 atom stereocenters. The first-order chi connectivity index (χ1) is 12.7. The number of thiazole rings is 1. The molecule has 6 nitrogen and oxygen atoms in total. The lowest BCUT2D eigenvalue weighted by molar-refractivity contribution is 0.0531. The molecule has 0 unspecified atom stereocenters. The third-order valence-corrected chi connectivity index (χ3v) is 6.08. The van der Waals surface area contributed by atoms with Crippen LogP contribution in [0.4, 0.5) is 5.13 Å². The Morgan fingerprint density at radius 1 is 1.42 bits per heavy atom. The molecule has 3 aromatic heterocycles. The molecule has 26 heavy (non-hydrogen) atoms. The molecular formula is C18H17N3O3S2. The van der Waals surface area contributed by atoms with Crippen LogP contribution < -0.4 is 5.01 Å². The van der Waals surface area contributed by atoms with Crippen LogP contribution in [-0.4, -0.2) is 23.3 Å². The minimum atomic E-state index is -0.343. The fourth-order valence-electron chi connectivity index (χ4n) is 2.85. The standard InChI is InChI=1S/C18H17N3O3S2/c1-3-23-17(22)16-11(2)19-18(26-16)21-13(14-6-4-8-24-14)10-12(20-21)15-7-5-9-25-15/h4-9,13H,3,10H2,1-2H3/t13-/m0/s1. The van der Waals surface area contributed by atoms with E-state index in [0.29, 0.717) is 22.3 Å². The van der Waals surface area contributed by atoms with Gasteiger partial charge in [-0.25, -0.2) is 14.8 Å². The van der Waals surface area contributed by atoms with Crippen molar-refractivity contribution in [2.45, 2.75) is 26.3 Å². The summed E-state index contributed by atoms with van der Waals surface area (Å²) in [6, 6.07) is 7.80. The van der Waals surface area contributed by atoms with Crippen molar-refractivity contribution in [3.63, 3.8) is 0 Å². The quantitative estimate of drug-likeness (QED) is 0.597. The van der Waals surface area contributed by atoms with Gasteiger partial charge in [-0.15, -0.1) is 11.3 Å². The van der Waals surface area contributed by atoms with E-state index in [1.165, 1.54) is 11.3 Å². The second-order valence-electron chi connectivity index (χ2n) is 5.74. The number of aromatic nitrogens is 1. The average Bonchev–Trinajstić information content (AvgIpc) is 3.39. The molecule has 0 saturated carbocycles. The molecule has 0 aliphatic carbocycles. The van der Waals surface area contributed by atoms with Gasteiger partial charge in [0.25, 0.3) is 0 Å². The Bertz CT molecular complexity index is 929. The number of esters is 1. The predicted octanol–water partition coefficient (Wildman–Crippen LogP) is 4.64. The second kappa shape index (κ2) is 7.05. The predicted molar refractivity (Wildman–Crippen MR) is 102 cm³/mol. The fraction of sp³-hybridized carbons (Fsp3) is 0.278. The van der Waals surface area contributed by atoms with Gasteiger partial charge in [-0.1, -0.05) is 17.4 Å². The Morgan fingerprint density at radius 2 is 2.31 bits per heavy atom. The number of ether oxygens (including phenoxy) is 1. The number of hydrogen-bond donors (Lipinski definition) is 0. The van der Waals surface area contributed by atoms with Gasteiger partial charge < -0.3 is 9.15 Å². The first-order valence-corrected chi connectivity index (χ1v) is 9.95.